The fraction of sp³-hybridized carbons (Fsp3) is 0.300. The van der Waals surface area contributed by atoms with Crippen molar-refractivity contribution in [3.05, 3.63) is 33.8 Å². The van der Waals surface area contributed by atoms with E-state index in [9.17, 15) is 9.90 Å². The summed E-state index contributed by atoms with van der Waals surface area (Å²) in [6, 6.07) is 4.41. The zero-order valence-corrected chi connectivity index (χ0v) is 9.79. The summed E-state index contributed by atoms with van der Waals surface area (Å²) in [4.78, 5) is 11.4. The molecule has 0 aliphatic rings. The van der Waals surface area contributed by atoms with E-state index in [1.165, 1.54) is 18.2 Å². The van der Waals surface area contributed by atoms with E-state index in [1.807, 2.05) is 0 Å². The van der Waals surface area contributed by atoms with Gasteiger partial charge >= 0.3 is 0 Å². The second-order valence-electron chi connectivity index (χ2n) is 3.12. The first-order valence-electron chi connectivity index (χ1n) is 4.57. The predicted octanol–water partition coefficient (Wildman–Crippen LogP) is 1.14. The molecule has 0 heterocycles. The maximum Gasteiger partial charge on any atom is 0.253 e. The monoisotopic (exact) mass is 263 g/mol. The number of carbonyl (C=O) groups is 1. The van der Waals surface area contributed by atoms with E-state index in [2.05, 4.69) is 5.32 Å². The van der Waals surface area contributed by atoms with E-state index in [4.69, 9.17) is 28.3 Å². The smallest absolute Gasteiger partial charge is 0.253 e. The van der Waals surface area contributed by atoms with Gasteiger partial charge in [0.15, 0.2) is 6.10 Å². The average Bonchev–Trinajstić information content (AvgIpc) is 2.23. The molecule has 0 bridgehead atoms. The number of hydrogen-bond donors (Lipinski definition) is 3. The Balaban J connectivity index is 2.79. The number of aliphatic hydroxyl groups excluding tert-OH is 2. The summed E-state index contributed by atoms with van der Waals surface area (Å²) in [6.07, 6.45) is -1.34. The van der Waals surface area contributed by atoms with Crippen LogP contribution >= 0.6 is 23.2 Å². The second kappa shape index (κ2) is 6.06. The van der Waals surface area contributed by atoms with Crippen LogP contribution in [0.25, 0.3) is 0 Å². The van der Waals surface area contributed by atoms with Gasteiger partial charge in [0.1, 0.15) is 0 Å². The molecule has 6 heteroatoms. The highest BCUT2D eigenvalue weighted by molar-refractivity contribution is 6.34. The van der Waals surface area contributed by atoms with Gasteiger partial charge in [0.05, 0.1) is 6.61 Å². The number of nitrogens with one attached hydrogen (secondary N) is 1. The summed E-state index contributed by atoms with van der Waals surface area (Å²) in [5.41, 5.74) is 0.313. The van der Waals surface area contributed by atoms with Crippen LogP contribution in [-0.2, 0) is 4.79 Å². The Hall–Kier alpha value is -0.810. The van der Waals surface area contributed by atoms with Crippen molar-refractivity contribution in [3.63, 3.8) is 0 Å². The first-order chi connectivity index (χ1) is 7.54. The molecule has 3 N–H and O–H groups in total. The number of hydrogen-bond acceptors (Lipinski definition) is 3. The van der Waals surface area contributed by atoms with Gasteiger partial charge in [0.2, 0.25) is 0 Å². The predicted molar refractivity (Wildman–Crippen MR) is 61.5 cm³/mol. The summed E-state index contributed by atoms with van der Waals surface area (Å²) in [7, 11) is 0. The molecule has 0 saturated carbocycles. The lowest BCUT2D eigenvalue weighted by Gasteiger charge is -2.11. The Morgan fingerprint density at radius 3 is 2.38 bits per heavy atom. The molecule has 4 nitrogen and oxygen atoms in total. The van der Waals surface area contributed by atoms with Crippen molar-refractivity contribution in [1.82, 2.24) is 5.32 Å². The zero-order chi connectivity index (χ0) is 12.1. The normalized spacial score (nSPS) is 12.2. The maximum absolute atomic E-state index is 11.4. The molecule has 1 atom stereocenters. The van der Waals surface area contributed by atoms with Crippen molar-refractivity contribution in [2.45, 2.75) is 6.10 Å². The molecular weight excluding hydrogens is 253 g/mol. The second-order valence-corrected chi connectivity index (χ2v) is 3.99. The molecule has 0 aromatic heterocycles. The molecule has 0 fully saturated rings. The molecule has 0 saturated heterocycles. The van der Waals surface area contributed by atoms with E-state index < -0.39 is 12.0 Å². The average molecular weight is 264 g/mol. The number of aliphatic hydroxyl groups is 2. The molecule has 0 radical (unpaired) electrons. The molecule has 1 rings (SSSR count). The fourth-order valence-corrected chi connectivity index (χ4v) is 1.70. The van der Waals surface area contributed by atoms with Crippen molar-refractivity contribution in [3.8, 4) is 0 Å². The Bertz CT molecular complexity index is 364. The minimum atomic E-state index is -1.34. The lowest BCUT2D eigenvalue weighted by atomic mass is 10.1. The van der Waals surface area contributed by atoms with Crippen LogP contribution in [0.15, 0.2) is 18.2 Å². The highest BCUT2D eigenvalue weighted by Crippen LogP contribution is 2.23. The van der Waals surface area contributed by atoms with Crippen LogP contribution in [0.5, 0.6) is 0 Å². The Morgan fingerprint density at radius 1 is 1.31 bits per heavy atom. The first-order valence-corrected chi connectivity index (χ1v) is 5.33. The van der Waals surface area contributed by atoms with Crippen molar-refractivity contribution in [1.29, 1.82) is 0 Å². The molecule has 1 aromatic carbocycles. The van der Waals surface area contributed by atoms with Crippen LogP contribution in [0.4, 0.5) is 0 Å². The molecule has 1 unspecified atom stereocenters. The third-order valence-electron chi connectivity index (χ3n) is 1.86. The van der Waals surface area contributed by atoms with Crippen LogP contribution in [-0.4, -0.2) is 29.3 Å². The molecule has 16 heavy (non-hydrogen) atoms. The van der Waals surface area contributed by atoms with Crippen LogP contribution in [0.1, 0.15) is 11.7 Å². The molecule has 0 aliphatic heterocycles. The van der Waals surface area contributed by atoms with E-state index >= 15 is 0 Å². The van der Waals surface area contributed by atoms with Gasteiger partial charge in [-0.2, -0.15) is 0 Å². The van der Waals surface area contributed by atoms with E-state index in [0.717, 1.165) is 0 Å². The van der Waals surface area contributed by atoms with Crippen molar-refractivity contribution in [2.24, 2.45) is 0 Å². The SMILES string of the molecule is O=C(NCCO)C(O)c1cc(Cl)cc(Cl)c1. The molecule has 0 spiro atoms. The number of carbonyl (C=O) groups excluding carboxylic acids is 1. The van der Waals surface area contributed by atoms with Gasteiger partial charge in [0.25, 0.3) is 5.91 Å². The van der Waals surface area contributed by atoms with Crippen LogP contribution < -0.4 is 5.32 Å². The maximum atomic E-state index is 11.4. The molecule has 1 aromatic rings. The van der Waals surface area contributed by atoms with Crippen molar-refractivity contribution < 1.29 is 15.0 Å². The highest BCUT2D eigenvalue weighted by atomic mass is 35.5. The fourth-order valence-electron chi connectivity index (χ4n) is 1.16. The minimum Gasteiger partial charge on any atom is -0.395 e. The van der Waals surface area contributed by atoms with Gasteiger partial charge in [-0.25, -0.2) is 0 Å². The Labute approximate surface area is 103 Å². The van der Waals surface area contributed by atoms with Gasteiger partial charge in [-0.3, -0.25) is 4.79 Å². The van der Waals surface area contributed by atoms with E-state index in [1.54, 1.807) is 0 Å². The summed E-state index contributed by atoms with van der Waals surface area (Å²) in [6.45, 7) is -0.0983. The van der Waals surface area contributed by atoms with Crippen LogP contribution in [0.2, 0.25) is 10.0 Å². The van der Waals surface area contributed by atoms with Gasteiger partial charge in [-0.1, -0.05) is 23.2 Å². The topological polar surface area (TPSA) is 69.6 Å². The number of rotatable bonds is 4. The third-order valence-corrected chi connectivity index (χ3v) is 2.30. The highest BCUT2D eigenvalue weighted by Gasteiger charge is 2.17. The Kier molecular flexibility index (Phi) is 5.02. The van der Waals surface area contributed by atoms with Gasteiger partial charge in [0, 0.05) is 16.6 Å². The van der Waals surface area contributed by atoms with Gasteiger partial charge < -0.3 is 15.5 Å². The van der Waals surface area contributed by atoms with Crippen molar-refractivity contribution in [2.75, 3.05) is 13.2 Å². The quantitative estimate of drug-likeness (QED) is 0.763. The van der Waals surface area contributed by atoms with Gasteiger partial charge in [-0.15, -0.1) is 0 Å². The Morgan fingerprint density at radius 2 is 1.88 bits per heavy atom. The molecule has 1 amide bonds. The van der Waals surface area contributed by atoms with Crippen LogP contribution in [0.3, 0.4) is 0 Å². The minimum absolute atomic E-state index is 0.0875. The van der Waals surface area contributed by atoms with Crippen molar-refractivity contribution >= 4 is 29.1 Å². The number of halogens is 2. The lowest BCUT2D eigenvalue weighted by Crippen LogP contribution is -2.31. The summed E-state index contributed by atoms with van der Waals surface area (Å²) < 4.78 is 0. The summed E-state index contributed by atoms with van der Waals surface area (Å²) in [5, 5.41) is 21.2. The summed E-state index contributed by atoms with van der Waals surface area (Å²) in [5.74, 6) is -0.604. The molecule has 88 valence electrons. The van der Waals surface area contributed by atoms with Gasteiger partial charge in [-0.05, 0) is 23.8 Å². The summed E-state index contributed by atoms with van der Waals surface area (Å²) >= 11 is 11.5. The van der Waals surface area contributed by atoms with E-state index in [-0.39, 0.29) is 13.2 Å². The van der Waals surface area contributed by atoms with Crippen LogP contribution in [0, 0.1) is 0 Å². The first kappa shape index (κ1) is 13.3. The largest absolute Gasteiger partial charge is 0.395 e. The lowest BCUT2D eigenvalue weighted by molar-refractivity contribution is -0.129. The van der Waals surface area contributed by atoms with E-state index in [0.29, 0.717) is 15.6 Å². The number of amides is 1. The molecular formula is C10H11Cl2NO3. The standard InChI is InChI=1S/C10H11Cl2NO3/c11-7-3-6(4-8(12)5-7)9(15)10(16)13-1-2-14/h3-5,9,14-15H,1-2H2,(H,13,16). The molecule has 0 aliphatic carbocycles. The zero-order valence-electron chi connectivity index (χ0n) is 8.28. The third kappa shape index (κ3) is 3.64. The number of benzene rings is 1.